The van der Waals surface area contributed by atoms with Crippen molar-refractivity contribution in [3.63, 3.8) is 0 Å². The molecule has 1 heterocycles. The molecule has 0 bridgehead atoms. The van der Waals surface area contributed by atoms with Crippen molar-refractivity contribution in [2.75, 3.05) is 23.7 Å². The minimum Gasteiger partial charge on any atom is -0.326 e. The Morgan fingerprint density at radius 1 is 1.00 bits per heavy atom. The van der Waals surface area contributed by atoms with E-state index in [1.807, 2.05) is 19.1 Å². The van der Waals surface area contributed by atoms with Gasteiger partial charge < -0.3 is 10.6 Å². The van der Waals surface area contributed by atoms with E-state index in [0.29, 0.717) is 0 Å². The van der Waals surface area contributed by atoms with E-state index in [1.165, 1.54) is 39.0 Å². The molecule has 2 amide bonds. The molecular formula is C20H29N3O2. The number of hydrogen-bond donors (Lipinski definition) is 2. The van der Waals surface area contributed by atoms with Gasteiger partial charge in [-0.3, -0.25) is 14.5 Å². The molecule has 2 fully saturated rings. The quantitative estimate of drug-likeness (QED) is 0.880. The highest BCUT2D eigenvalue weighted by Gasteiger charge is 2.34. The van der Waals surface area contributed by atoms with Gasteiger partial charge in [0.1, 0.15) is 0 Å². The van der Waals surface area contributed by atoms with Crippen LogP contribution < -0.4 is 10.6 Å². The van der Waals surface area contributed by atoms with Crippen LogP contribution in [0.3, 0.4) is 0 Å². The number of carbonyl (C=O) groups is 2. The Balaban J connectivity index is 1.54. The third-order valence-corrected chi connectivity index (χ3v) is 5.72. The Bertz CT molecular complexity index is 614. The summed E-state index contributed by atoms with van der Waals surface area (Å²) in [6, 6.07) is 7.13. The van der Waals surface area contributed by atoms with Crippen LogP contribution in [0.1, 0.15) is 46.0 Å². The van der Waals surface area contributed by atoms with Crippen molar-refractivity contribution in [3.05, 3.63) is 24.3 Å². The maximum atomic E-state index is 12.6. The van der Waals surface area contributed by atoms with Gasteiger partial charge in [0.05, 0.1) is 6.04 Å². The van der Waals surface area contributed by atoms with Gasteiger partial charge in [0, 0.05) is 24.8 Å². The molecule has 3 atom stereocenters. The number of piperidine rings is 1. The van der Waals surface area contributed by atoms with Gasteiger partial charge in [-0.05, 0) is 62.4 Å². The summed E-state index contributed by atoms with van der Waals surface area (Å²) in [6.45, 7) is 5.56. The zero-order valence-electron chi connectivity index (χ0n) is 15.3. The largest absolute Gasteiger partial charge is 0.326 e. The lowest BCUT2D eigenvalue weighted by atomic mass is 9.75. The van der Waals surface area contributed by atoms with Crippen LogP contribution >= 0.6 is 0 Å². The molecule has 1 aromatic rings. The molecular weight excluding hydrogens is 314 g/mol. The predicted octanol–water partition coefficient (Wildman–Crippen LogP) is 3.48. The normalized spacial score (nSPS) is 24.9. The number of hydrogen-bond acceptors (Lipinski definition) is 3. The fourth-order valence-electron chi connectivity index (χ4n) is 4.23. The highest BCUT2D eigenvalue weighted by molar-refractivity contribution is 5.95. The summed E-state index contributed by atoms with van der Waals surface area (Å²) in [5.41, 5.74) is 1.50. The lowest BCUT2D eigenvalue weighted by Crippen LogP contribution is -2.49. The van der Waals surface area contributed by atoms with Crippen molar-refractivity contribution >= 4 is 23.2 Å². The Kier molecular flexibility index (Phi) is 5.74. The smallest absolute Gasteiger partial charge is 0.241 e. The Morgan fingerprint density at radius 3 is 2.24 bits per heavy atom. The predicted molar refractivity (Wildman–Crippen MR) is 100 cm³/mol. The minimum atomic E-state index is -0.113. The third-order valence-electron chi connectivity index (χ3n) is 5.72. The van der Waals surface area contributed by atoms with E-state index in [0.717, 1.165) is 36.3 Å². The van der Waals surface area contributed by atoms with Crippen LogP contribution in [0.15, 0.2) is 24.3 Å². The lowest BCUT2D eigenvalue weighted by Gasteiger charge is -2.43. The molecule has 2 aliphatic rings. The fraction of sp³-hybridized carbons (Fsp3) is 0.600. The Morgan fingerprint density at radius 2 is 1.60 bits per heavy atom. The number of amides is 2. The van der Waals surface area contributed by atoms with Gasteiger partial charge >= 0.3 is 0 Å². The maximum Gasteiger partial charge on any atom is 0.241 e. The second-order valence-corrected chi connectivity index (χ2v) is 7.51. The van der Waals surface area contributed by atoms with Crippen LogP contribution in [0.2, 0.25) is 0 Å². The first-order valence-electron chi connectivity index (χ1n) is 9.45. The number of rotatable bonds is 4. The van der Waals surface area contributed by atoms with Crippen LogP contribution in [0, 0.1) is 11.8 Å². The second kappa shape index (κ2) is 8.00. The Labute approximate surface area is 150 Å². The third kappa shape index (κ3) is 4.60. The van der Waals surface area contributed by atoms with Gasteiger partial charge in [-0.15, -0.1) is 0 Å². The van der Waals surface area contributed by atoms with Gasteiger partial charge in [0.25, 0.3) is 0 Å². The molecule has 5 heteroatoms. The Hall–Kier alpha value is -1.88. The molecule has 1 aliphatic carbocycles. The van der Waals surface area contributed by atoms with Gasteiger partial charge in [-0.1, -0.05) is 19.3 Å². The van der Waals surface area contributed by atoms with Crippen LogP contribution in [0.4, 0.5) is 11.4 Å². The summed E-state index contributed by atoms with van der Waals surface area (Å²) in [4.78, 5) is 26.0. The molecule has 0 aromatic heterocycles. The van der Waals surface area contributed by atoms with Crippen molar-refractivity contribution in [2.45, 2.75) is 52.0 Å². The summed E-state index contributed by atoms with van der Waals surface area (Å²) < 4.78 is 0. The molecule has 1 aliphatic heterocycles. The van der Waals surface area contributed by atoms with E-state index in [2.05, 4.69) is 15.5 Å². The van der Waals surface area contributed by atoms with Crippen molar-refractivity contribution in [2.24, 2.45) is 11.8 Å². The second-order valence-electron chi connectivity index (χ2n) is 7.51. The van der Waals surface area contributed by atoms with E-state index in [9.17, 15) is 9.59 Å². The van der Waals surface area contributed by atoms with E-state index >= 15 is 0 Å². The highest BCUT2D eigenvalue weighted by atomic mass is 16.2. The molecule has 1 saturated heterocycles. The number of likely N-dealkylation sites (tertiary alicyclic amines) is 1. The van der Waals surface area contributed by atoms with Gasteiger partial charge in [-0.25, -0.2) is 0 Å². The van der Waals surface area contributed by atoms with E-state index in [4.69, 9.17) is 0 Å². The number of nitrogens with zero attached hydrogens (tertiary/aromatic N) is 1. The van der Waals surface area contributed by atoms with Crippen molar-refractivity contribution in [1.29, 1.82) is 0 Å². The number of anilines is 2. The fourth-order valence-corrected chi connectivity index (χ4v) is 4.23. The van der Waals surface area contributed by atoms with Crippen LogP contribution in [-0.2, 0) is 9.59 Å². The average Bonchev–Trinajstić information content (AvgIpc) is 2.62. The molecule has 0 radical (unpaired) electrons. The van der Waals surface area contributed by atoms with Crippen LogP contribution in [-0.4, -0.2) is 35.8 Å². The van der Waals surface area contributed by atoms with Crippen molar-refractivity contribution < 1.29 is 9.59 Å². The van der Waals surface area contributed by atoms with Gasteiger partial charge in [0.2, 0.25) is 11.8 Å². The maximum absolute atomic E-state index is 12.6. The average molecular weight is 343 g/mol. The summed E-state index contributed by atoms with van der Waals surface area (Å²) >= 11 is 0. The molecule has 136 valence electrons. The first kappa shape index (κ1) is 17.9. The molecule has 2 N–H and O–H groups in total. The molecule has 25 heavy (non-hydrogen) atoms. The molecule has 1 saturated carbocycles. The summed E-state index contributed by atoms with van der Waals surface area (Å²) in [5, 5.41) is 5.72. The number of benzene rings is 1. The number of fused-ring (bicyclic) bond motifs is 1. The lowest BCUT2D eigenvalue weighted by molar-refractivity contribution is -0.122. The molecule has 3 rings (SSSR count). The molecule has 5 nitrogen and oxygen atoms in total. The first-order chi connectivity index (χ1) is 12.0. The van der Waals surface area contributed by atoms with Crippen molar-refractivity contribution in [1.82, 2.24) is 4.90 Å². The SMILES string of the molecule is CC(=O)Nc1ccc(NC(=O)C(C)N2CCC3CCCCC3C2)cc1. The van der Waals surface area contributed by atoms with Gasteiger partial charge in [0.15, 0.2) is 0 Å². The van der Waals surface area contributed by atoms with E-state index < -0.39 is 0 Å². The monoisotopic (exact) mass is 343 g/mol. The summed E-state index contributed by atoms with van der Waals surface area (Å²) in [5.74, 6) is 1.59. The van der Waals surface area contributed by atoms with E-state index in [-0.39, 0.29) is 17.9 Å². The number of carbonyl (C=O) groups excluding carboxylic acids is 2. The van der Waals surface area contributed by atoms with Gasteiger partial charge in [-0.2, -0.15) is 0 Å². The zero-order valence-corrected chi connectivity index (χ0v) is 15.3. The van der Waals surface area contributed by atoms with Crippen LogP contribution in [0.25, 0.3) is 0 Å². The van der Waals surface area contributed by atoms with Crippen molar-refractivity contribution in [3.8, 4) is 0 Å². The standard InChI is InChI=1S/C20H29N3O2/c1-14(23-12-11-16-5-3-4-6-17(16)13-23)20(25)22-19-9-7-18(8-10-19)21-15(2)24/h7-10,14,16-17H,3-6,11-13H2,1-2H3,(H,21,24)(H,22,25). The summed E-state index contributed by atoms with van der Waals surface area (Å²) in [6.07, 6.45) is 6.65. The molecule has 1 aromatic carbocycles. The number of nitrogens with one attached hydrogen (secondary N) is 2. The highest BCUT2D eigenvalue weighted by Crippen LogP contribution is 2.36. The first-order valence-corrected chi connectivity index (χ1v) is 9.45. The van der Waals surface area contributed by atoms with Crippen LogP contribution in [0.5, 0.6) is 0 Å². The minimum absolute atomic E-state index is 0.0431. The summed E-state index contributed by atoms with van der Waals surface area (Å²) in [7, 11) is 0. The zero-order chi connectivity index (χ0) is 17.8. The topological polar surface area (TPSA) is 61.4 Å². The molecule has 3 unspecified atom stereocenters. The molecule has 0 spiro atoms. The van der Waals surface area contributed by atoms with E-state index in [1.54, 1.807) is 12.1 Å².